The second kappa shape index (κ2) is 7.33. The molecule has 0 heterocycles. The van der Waals surface area contributed by atoms with E-state index in [0.29, 0.717) is 16.2 Å². The standard InChI is InChI=1S/C18H19NO3S/c1-11-8-12(2)13(3)15(9-11)22-18(21)14-6-4-5-7-16(14)23-10-17(19)20/h4-9H,10H2,1-3H3,(H2,19,20). The Hall–Kier alpha value is -2.27. The van der Waals surface area contributed by atoms with Gasteiger partial charge in [-0.25, -0.2) is 4.79 Å². The van der Waals surface area contributed by atoms with Gasteiger partial charge < -0.3 is 10.5 Å². The summed E-state index contributed by atoms with van der Waals surface area (Å²) in [6.45, 7) is 5.86. The highest BCUT2D eigenvalue weighted by Gasteiger charge is 2.16. The molecular formula is C18H19NO3S. The van der Waals surface area contributed by atoms with Crippen LogP contribution >= 0.6 is 11.8 Å². The summed E-state index contributed by atoms with van der Waals surface area (Å²) in [4.78, 5) is 24.1. The van der Waals surface area contributed by atoms with E-state index >= 15 is 0 Å². The van der Waals surface area contributed by atoms with Gasteiger partial charge in [0.25, 0.3) is 0 Å². The van der Waals surface area contributed by atoms with Gasteiger partial charge in [-0.2, -0.15) is 0 Å². The van der Waals surface area contributed by atoms with Crippen LogP contribution < -0.4 is 10.5 Å². The molecule has 1 amide bonds. The van der Waals surface area contributed by atoms with E-state index in [9.17, 15) is 9.59 Å². The van der Waals surface area contributed by atoms with Gasteiger partial charge in [-0.05, 0) is 55.7 Å². The molecule has 0 spiro atoms. The molecular weight excluding hydrogens is 310 g/mol. The maximum atomic E-state index is 12.5. The van der Waals surface area contributed by atoms with Crippen molar-refractivity contribution in [2.45, 2.75) is 25.7 Å². The maximum absolute atomic E-state index is 12.5. The Morgan fingerprint density at radius 1 is 1.13 bits per heavy atom. The molecule has 5 heteroatoms. The van der Waals surface area contributed by atoms with Crippen LogP contribution in [0, 0.1) is 20.8 Å². The first-order chi connectivity index (χ1) is 10.9. The van der Waals surface area contributed by atoms with E-state index in [-0.39, 0.29) is 5.75 Å². The summed E-state index contributed by atoms with van der Waals surface area (Å²) in [5.41, 5.74) is 8.64. The molecule has 0 unspecified atom stereocenters. The average molecular weight is 329 g/mol. The summed E-state index contributed by atoms with van der Waals surface area (Å²) in [5.74, 6) is -0.191. The Labute approximate surface area is 140 Å². The number of carbonyl (C=O) groups is 2. The number of primary amides is 1. The molecule has 2 N–H and O–H groups in total. The van der Waals surface area contributed by atoms with Crippen molar-refractivity contribution in [1.82, 2.24) is 0 Å². The van der Waals surface area contributed by atoms with Crippen molar-refractivity contribution in [2.24, 2.45) is 5.73 Å². The van der Waals surface area contributed by atoms with E-state index in [4.69, 9.17) is 10.5 Å². The van der Waals surface area contributed by atoms with Gasteiger partial charge in [0.1, 0.15) is 5.75 Å². The number of thioether (sulfide) groups is 1. The number of aryl methyl sites for hydroxylation is 2. The lowest BCUT2D eigenvalue weighted by Crippen LogP contribution is -2.14. The minimum absolute atomic E-state index is 0.118. The molecule has 0 aliphatic heterocycles. The van der Waals surface area contributed by atoms with Crippen molar-refractivity contribution in [2.75, 3.05) is 5.75 Å². The largest absolute Gasteiger partial charge is 0.423 e. The van der Waals surface area contributed by atoms with Crippen LogP contribution in [0.4, 0.5) is 0 Å². The zero-order valence-electron chi connectivity index (χ0n) is 13.4. The highest BCUT2D eigenvalue weighted by molar-refractivity contribution is 8.00. The van der Waals surface area contributed by atoms with E-state index in [0.717, 1.165) is 16.7 Å². The molecule has 0 saturated carbocycles. The van der Waals surface area contributed by atoms with E-state index in [1.165, 1.54) is 11.8 Å². The van der Waals surface area contributed by atoms with Crippen molar-refractivity contribution in [1.29, 1.82) is 0 Å². The molecule has 0 radical (unpaired) electrons. The lowest BCUT2D eigenvalue weighted by atomic mass is 10.1. The molecule has 2 aromatic rings. The second-order valence-corrected chi connectivity index (χ2v) is 6.36. The number of amides is 1. The van der Waals surface area contributed by atoms with Gasteiger partial charge in [0.2, 0.25) is 5.91 Å². The first-order valence-corrected chi connectivity index (χ1v) is 8.17. The lowest BCUT2D eigenvalue weighted by molar-refractivity contribution is -0.115. The number of hydrogen-bond acceptors (Lipinski definition) is 4. The SMILES string of the molecule is Cc1cc(C)c(C)c(OC(=O)c2ccccc2SCC(N)=O)c1. The molecule has 120 valence electrons. The van der Waals surface area contributed by atoms with E-state index < -0.39 is 11.9 Å². The number of esters is 1. The van der Waals surface area contributed by atoms with Crippen LogP contribution in [-0.2, 0) is 4.79 Å². The summed E-state index contributed by atoms with van der Waals surface area (Å²) in [6, 6.07) is 10.9. The van der Waals surface area contributed by atoms with E-state index in [1.54, 1.807) is 18.2 Å². The Morgan fingerprint density at radius 2 is 1.83 bits per heavy atom. The minimum Gasteiger partial charge on any atom is -0.423 e. The van der Waals surface area contributed by atoms with Crippen molar-refractivity contribution < 1.29 is 14.3 Å². The second-order valence-electron chi connectivity index (χ2n) is 5.35. The zero-order chi connectivity index (χ0) is 17.0. The van der Waals surface area contributed by atoms with Gasteiger partial charge in [0.05, 0.1) is 11.3 Å². The zero-order valence-corrected chi connectivity index (χ0v) is 14.2. The third kappa shape index (κ3) is 4.36. The summed E-state index contributed by atoms with van der Waals surface area (Å²) >= 11 is 1.23. The maximum Gasteiger partial charge on any atom is 0.344 e. The van der Waals surface area contributed by atoms with Crippen LogP contribution in [0.2, 0.25) is 0 Å². The Bertz CT molecular complexity index is 756. The molecule has 2 rings (SSSR count). The molecule has 0 atom stereocenters. The van der Waals surface area contributed by atoms with Crippen LogP contribution in [0.5, 0.6) is 5.75 Å². The molecule has 0 aliphatic rings. The molecule has 0 bridgehead atoms. The predicted molar refractivity (Wildman–Crippen MR) is 92.0 cm³/mol. The molecule has 0 saturated heterocycles. The fourth-order valence-electron chi connectivity index (χ4n) is 2.17. The Kier molecular flexibility index (Phi) is 5.45. The normalized spacial score (nSPS) is 10.4. The molecule has 0 aromatic heterocycles. The van der Waals surface area contributed by atoms with Gasteiger partial charge in [-0.1, -0.05) is 18.2 Å². The van der Waals surface area contributed by atoms with Gasteiger partial charge in [0.15, 0.2) is 0 Å². The first kappa shape index (κ1) is 17.1. The molecule has 0 fully saturated rings. The van der Waals surface area contributed by atoms with Crippen LogP contribution in [0.15, 0.2) is 41.3 Å². The van der Waals surface area contributed by atoms with Crippen LogP contribution in [0.25, 0.3) is 0 Å². The topological polar surface area (TPSA) is 69.4 Å². The highest BCUT2D eigenvalue weighted by atomic mass is 32.2. The first-order valence-electron chi connectivity index (χ1n) is 7.18. The van der Waals surface area contributed by atoms with Crippen LogP contribution in [0.1, 0.15) is 27.0 Å². The van der Waals surface area contributed by atoms with E-state index in [2.05, 4.69) is 0 Å². The van der Waals surface area contributed by atoms with Gasteiger partial charge in [0, 0.05) is 4.90 Å². The number of hydrogen-bond donors (Lipinski definition) is 1. The molecule has 23 heavy (non-hydrogen) atoms. The quantitative estimate of drug-likeness (QED) is 0.518. The van der Waals surface area contributed by atoms with Crippen molar-refractivity contribution in [3.8, 4) is 5.75 Å². The van der Waals surface area contributed by atoms with Crippen LogP contribution in [0.3, 0.4) is 0 Å². The third-order valence-corrected chi connectivity index (χ3v) is 4.54. The summed E-state index contributed by atoms with van der Waals surface area (Å²) in [6.07, 6.45) is 0. The van der Waals surface area contributed by atoms with Crippen molar-refractivity contribution >= 4 is 23.6 Å². The minimum atomic E-state index is -0.439. The molecule has 4 nitrogen and oxygen atoms in total. The van der Waals surface area contributed by atoms with Gasteiger partial charge in [-0.3, -0.25) is 4.79 Å². The summed E-state index contributed by atoms with van der Waals surface area (Å²) < 4.78 is 5.57. The number of nitrogens with two attached hydrogens (primary N) is 1. The fraction of sp³-hybridized carbons (Fsp3) is 0.222. The number of rotatable bonds is 5. The number of carbonyl (C=O) groups excluding carboxylic acids is 2. The summed E-state index contributed by atoms with van der Waals surface area (Å²) in [7, 11) is 0. The fourth-order valence-corrected chi connectivity index (χ4v) is 2.95. The molecule has 0 aliphatic carbocycles. The number of ether oxygens (including phenoxy) is 1. The molecule has 2 aromatic carbocycles. The predicted octanol–water partition coefficient (Wildman–Crippen LogP) is 3.41. The third-order valence-electron chi connectivity index (χ3n) is 3.44. The Morgan fingerprint density at radius 3 is 2.52 bits per heavy atom. The Balaban J connectivity index is 2.26. The smallest absolute Gasteiger partial charge is 0.344 e. The van der Waals surface area contributed by atoms with Gasteiger partial charge in [-0.15, -0.1) is 11.8 Å². The van der Waals surface area contributed by atoms with Crippen LogP contribution in [-0.4, -0.2) is 17.6 Å². The monoisotopic (exact) mass is 329 g/mol. The van der Waals surface area contributed by atoms with Crippen molar-refractivity contribution in [3.05, 3.63) is 58.7 Å². The lowest BCUT2D eigenvalue weighted by Gasteiger charge is -2.12. The van der Waals surface area contributed by atoms with Crippen molar-refractivity contribution in [3.63, 3.8) is 0 Å². The van der Waals surface area contributed by atoms with E-state index in [1.807, 2.05) is 39.0 Å². The average Bonchev–Trinajstić information content (AvgIpc) is 2.50. The highest BCUT2D eigenvalue weighted by Crippen LogP contribution is 2.27. The number of benzene rings is 2. The summed E-state index contributed by atoms with van der Waals surface area (Å²) in [5, 5.41) is 0. The van der Waals surface area contributed by atoms with Gasteiger partial charge >= 0.3 is 5.97 Å².